The molecule has 0 bridgehead atoms. The fraction of sp³-hybridized carbons (Fsp3) is 0.214. The number of halogens is 1. The molecule has 0 aliphatic rings. The first-order valence-corrected chi connectivity index (χ1v) is 8.53. The van der Waals surface area contributed by atoms with E-state index in [2.05, 4.69) is 10.0 Å². The van der Waals surface area contributed by atoms with Crippen LogP contribution in [-0.2, 0) is 16.6 Å². The molecule has 1 heterocycles. The van der Waals surface area contributed by atoms with E-state index in [-0.39, 0.29) is 24.7 Å². The number of rotatable bonds is 7. The number of amides is 1. The van der Waals surface area contributed by atoms with Crippen LogP contribution in [-0.4, -0.2) is 26.6 Å². The largest absolute Gasteiger partial charge is 0.468 e. The Morgan fingerprint density at radius 2 is 1.91 bits per heavy atom. The first kappa shape index (κ1) is 16.5. The number of nitrogens with one attached hydrogen (secondary N) is 2. The molecule has 1 aromatic carbocycles. The summed E-state index contributed by atoms with van der Waals surface area (Å²) in [6.07, 6.45) is 1.47. The number of sulfonamides is 1. The molecule has 0 fully saturated rings. The van der Waals surface area contributed by atoms with Gasteiger partial charge in [0.15, 0.2) is 0 Å². The summed E-state index contributed by atoms with van der Waals surface area (Å²) < 4.78 is 31.0. The average molecular weight is 343 g/mol. The zero-order valence-corrected chi connectivity index (χ0v) is 13.2. The zero-order valence-electron chi connectivity index (χ0n) is 11.6. The summed E-state index contributed by atoms with van der Waals surface area (Å²) in [6.45, 7) is 0.0927. The van der Waals surface area contributed by atoms with Crippen LogP contribution in [0.1, 0.15) is 16.1 Å². The smallest absolute Gasteiger partial charge is 0.251 e. The van der Waals surface area contributed by atoms with Gasteiger partial charge in [-0.15, -0.1) is 0 Å². The summed E-state index contributed by atoms with van der Waals surface area (Å²) in [5.41, 5.74) is 0.422. The number of benzene rings is 1. The number of hydrogen-bond donors (Lipinski definition) is 2. The Labute approximate surface area is 133 Å². The van der Waals surface area contributed by atoms with Crippen molar-refractivity contribution in [3.05, 3.63) is 59.0 Å². The highest BCUT2D eigenvalue weighted by Gasteiger charge is 2.12. The van der Waals surface area contributed by atoms with E-state index in [4.69, 9.17) is 16.0 Å². The summed E-state index contributed by atoms with van der Waals surface area (Å²) in [7, 11) is -3.49. The molecule has 0 atom stereocenters. The Balaban J connectivity index is 1.77. The maximum atomic E-state index is 11.8. The normalized spacial score (nSPS) is 11.3. The molecule has 22 heavy (non-hydrogen) atoms. The van der Waals surface area contributed by atoms with Gasteiger partial charge in [-0.05, 0) is 36.4 Å². The van der Waals surface area contributed by atoms with Crippen molar-refractivity contribution in [2.24, 2.45) is 0 Å². The van der Waals surface area contributed by atoms with Crippen molar-refractivity contribution in [2.75, 3.05) is 12.3 Å². The molecule has 0 radical (unpaired) electrons. The van der Waals surface area contributed by atoms with Crippen LogP contribution in [0, 0.1) is 0 Å². The van der Waals surface area contributed by atoms with Crippen molar-refractivity contribution in [1.29, 1.82) is 0 Å². The molecule has 0 saturated heterocycles. The first-order valence-electron chi connectivity index (χ1n) is 6.50. The molecule has 6 nitrogen and oxygen atoms in total. The lowest BCUT2D eigenvalue weighted by atomic mass is 10.2. The Morgan fingerprint density at radius 3 is 2.55 bits per heavy atom. The molecule has 2 aromatic rings. The van der Waals surface area contributed by atoms with Crippen LogP contribution in [0.3, 0.4) is 0 Å². The van der Waals surface area contributed by atoms with Gasteiger partial charge in [0, 0.05) is 17.1 Å². The number of furan rings is 1. The minimum Gasteiger partial charge on any atom is -0.468 e. The molecule has 0 spiro atoms. The molecule has 118 valence electrons. The van der Waals surface area contributed by atoms with Gasteiger partial charge in [0.05, 0.1) is 18.6 Å². The molecule has 8 heteroatoms. The highest BCUT2D eigenvalue weighted by molar-refractivity contribution is 7.89. The van der Waals surface area contributed by atoms with Gasteiger partial charge in [0.25, 0.3) is 5.91 Å². The van der Waals surface area contributed by atoms with Crippen molar-refractivity contribution < 1.29 is 17.6 Å². The first-order chi connectivity index (χ1) is 10.5. The second-order valence-corrected chi connectivity index (χ2v) is 6.84. The quantitative estimate of drug-likeness (QED) is 0.802. The molecule has 0 saturated carbocycles. The van der Waals surface area contributed by atoms with E-state index < -0.39 is 10.0 Å². The van der Waals surface area contributed by atoms with Gasteiger partial charge in [-0.3, -0.25) is 4.79 Å². The van der Waals surface area contributed by atoms with Gasteiger partial charge >= 0.3 is 0 Å². The summed E-state index contributed by atoms with van der Waals surface area (Å²) >= 11 is 5.73. The minimum atomic E-state index is -3.49. The highest BCUT2D eigenvalue weighted by Crippen LogP contribution is 2.09. The second-order valence-electron chi connectivity index (χ2n) is 4.48. The standard InChI is InChI=1S/C14H15ClN2O4S/c15-12-5-3-11(4-6-12)14(18)16-7-9-22(19,20)17-10-13-2-1-8-21-13/h1-6,8,17H,7,9-10H2,(H,16,18). The van der Waals surface area contributed by atoms with Crippen LogP contribution in [0.15, 0.2) is 47.1 Å². The van der Waals surface area contributed by atoms with Crippen LogP contribution in [0.5, 0.6) is 0 Å². The molecule has 0 aliphatic heterocycles. The maximum absolute atomic E-state index is 11.8. The Morgan fingerprint density at radius 1 is 1.18 bits per heavy atom. The summed E-state index contributed by atoms with van der Waals surface area (Å²) in [6, 6.07) is 9.68. The van der Waals surface area contributed by atoms with Crippen LogP contribution in [0.4, 0.5) is 0 Å². The monoisotopic (exact) mass is 342 g/mol. The fourth-order valence-electron chi connectivity index (χ4n) is 1.67. The van der Waals surface area contributed by atoms with Gasteiger partial charge in [-0.2, -0.15) is 0 Å². The van der Waals surface area contributed by atoms with Crippen LogP contribution in [0.2, 0.25) is 5.02 Å². The van der Waals surface area contributed by atoms with Crippen molar-refractivity contribution in [1.82, 2.24) is 10.0 Å². The Hall–Kier alpha value is -1.83. The third-order valence-electron chi connectivity index (χ3n) is 2.81. The summed E-state index contributed by atoms with van der Waals surface area (Å²) in [5, 5.41) is 3.07. The van der Waals surface area contributed by atoms with E-state index in [1.54, 1.807) is 36.4 Å². The van der Waals surface area contributed by atoms with Crippen LogP contribution >= 0.6 is 11.6 Å². The summed E-state index contributed by atoms with van der Waals surface area (Å²) in [4.78, 5) is 11.8. The van der Waals surface area contributed by atoms with Gasteiger partial charge in [-0.25, -0.2) is 13.1 Å². The molecule has 0 unspecified atom stereocenters. The topological polar surface area (TPSA) is 88.4 Å². The molecular formula is C14H15ClN2O4S. The molecule has 0 aliphatic carbocycles. The zero-order chi connectivity index (χ0) is 16.0. The Bertz CT molecular complexity index is 712. The van der Waals surface area contributed by atoms with Gasteiger partial charge in [-0.1, -0.05) is 11.6 Å². The highest BCUT2D eigenvalue weighted by atomic mass is 35.5. The molecule has 1 amide bonds. The number of carbonyl (C=O) groups excluding carboxylic acids is 1. The van der Waals surface area contributed by atoms with E-state index in [1.165, 1.54) is 6.26 Å². The average Bonchev–Trinajstić information content (AvgIpc) is 2.99. The summed E-state index contributed by atoms with van der Waals surface area (Å²) in [5.74, 6) is -0.0424. The predicted molar refractivity (Wildman–Crippen MR) is 83.1 cm³/mol. The van der Waals surface area contributed by atoms with Gasteiger partial charge in [0.1, 0.15) is 5.76 Å². The minimum absolute atomic E-state index is 0.00888. The van der Waals surface area contributed by atoms with Crippen LogP contribution in [0.25, 0.3) is 0 Å². The lowest BCUT2D eigenvalue weighted by molar-refractivity contribution is 0.0956. The third-order valence-corrected chi connectivity index (χ3v) is 4.39. The van der Waals surface area contributed by atoms with Gasteiger partial charge < -0.3 is 9.73 Å². The van der Waals surface area contributed by atoms with E-state index >= 15 is 0 Å². The van der Waals surface area contributed by atoms with Crippen molar-refractivity contribution in [3.8, 4) is 0 Å². The molecule has 2 N–H and O–H groups in total. The van der Waals surface area contributed by atoms with E-state index in [1.807, 2.05) is 0 Å². The maximum Gasteiger partial charge on any atom is 0.251 e. The van der Waals surface area contributed by atoms with E-state index in [0.717, 1.165) is 0 Å². The second kappa shape index (κ2) is 7.44. The van der Waals surface area contributed by atoms with Crippen LogP contribution < -0.4 is 10.0 Å². The van der Waals surface area contributed by atoms with Crippen molar-refractivity contribution >= 4 is 27.5 Å². The lowest BCUT2D eigenvalue weighted by Crippen LogP contribution is -2.34. The van der Waals surface area contributed by atoms with Gasteiger partial charge in [0.2, 0.25) is 10.0 Å². The Kier molecular flexibility index (Phi) is 5.59. The predicted octanol–water partition coefficient (Wildman–Crippen LogP) is 1.78. The van der Waals surface area contributed by atoms with Crippen molar-refractivity contribution in [3.63, 3.8) is 0 Å². The molecule has 1 aromatic heterocycles. The van der Waals surface area contributed by atoms with E-state index in [0.29, 0.717) is 16.3 Å². The molecule has 2 rings (SSSR count). The van der Waals surface area contributed by atoms with E-state index in [9.17, 15) is 13.2 Å². The lowest BCUT2D eigenvalue weighted by Gasteiger charge is -2.07. The molecular weight excluding hydrogens is 328 g/mol. The fourth-order valence-corrected chi connectivity index (χ4v) is 2.67. The SMILES string of the molecule is O=C(NCCS(=O)(=O)NCc1ccco1)c1ccc(Cl)cc1. The number of carbonyl (C=O) groups is 1. The van der Waals surface area contributed by atoms with Crippen molar-refractivity contribution in [2.45, 2.75) is 6.54 Å². The third kappa shape index (κ3) is 5.18. The number of hydrogen-bond acceptors (Lipinski definition) is 4.